The molecule has 0 bridgehead atoms. The van der Waals surface area contributed by atoms with Gasteiger partial charge in [0.15, 0.2) is 0 Å². The number of fused-ring (bicyclic) bond motifs is 1. The van der Waals surface area contributed by atoms with Crippen LogP contribution in [-0.4, -0.2) is 11.5 Å². The quantitative estimate of drug-likeness (QED) is 0.842. The first-order valence-corrected chi connectivity index (χ1v) is 6.53. The van der Waals surface area contributed by atoms with Gasteiger partial charge in [0.1, 0.15) is 0 Å². The van der Waals surface area contributed by atoms with Crippen molar-refractivity contribution in [3.8, 4) is 0 Å². The van der Waals surface area contributed by atoms with E-state index in [4.69, 9.17) is 0 Å². The van der Waals surface area contributed by atoms with Crippen LogP contribution in [0.1, 0.15) is 50.4 Å². The minimum absolute atomic E-state index is 0.529. The zero-order chi connectivity index (χ0) is 12.4. The van der Waals surface area contributed by atoms with Crippen LogP contribution in [0.5, 0.6) is 0 Å². The summed E-state index contributed by atoms with van der Waals surface area (Å²) in [6.07, 6.45) is 5.16. The van der Waals surface area contributed by atoms with Crippen LogP contribution in [0.4, 0.5) is 0 Å². The highest BCUT2D eigenvalue weighted by Gasteiger charge is 2.19. The van der Waals surface area contributed by atoms with Crippen molar-refractivity contribution >= 4 is 5.57 Å². The van der Waals surface area contributed by atoms with Crippen molar-refractivity contribution in [1.82, 2.24) is 10.3 Å². The molecule has 2 nitrogen and oxygen atoms in total. The molecule has 0 aliphatic carbocycles. The summed E-state index contributed by atoms with van der Waals surface area (Å²) in [7, 11) is 0. The fourth-order valence-electron chi connectivity index (χ4n) is 2.43. The smallest absolute Gasteiger partial charge is 0.0499 e. The van der Waals surface area contributed by atoms with Crippen LogP contribution >= 0.6 is 0 Å². The molecule has 0 atom stereocenters. The second kappa shape index (κ2) is 4.91. The van der Waals surface area contributed by atoms with E-state index in [9.17, 15) is 0 Å². The third kappa shape index (κ3) is 2.36. The number of allylic oxidation sites excluding steroid dienone is 1. The van der Waals surface area contributed by atoms with Crippen molar-refractivity contribution in [3.63, 3.8) is 0 Å². The van der Waals surface area contributed by atoms with Crippen LogP contribution in [-0.2, 0) is 6.42 Å². The van der Waals surface area contributed by atoms with E-state index in [1.807, 2.05) is 6.20 Å². The Morgan fingerprint density at radius 1 is 1.18 bits per heavy atom. The molecule has 1 aliphatic rings. The van der Waals surface area contributed by atoms with Crippen LogP contribution in [0.3, 0.4) is 0 Å². The molecule has 0 saturated carbocycles. The van der Waals surface area contributed by atoms with Gasteiger partial charge >= 0.3 is 0 Å². The lowest BCUT2D eigenvalue weighted by Gasteiger charge is -2.19. The molecule has 1 aromatic rings. The highest BCUT2D eigenvalue weighted by atomic mass is 14.8. The standard InChI is InChI=1S/C15H22N2/c1-10(2)12-5-8-17-14-6-7-16-9-13(11(3)4)15(12)14/h5,8-11,16H,6-7H2,1-4H3. The van der Waals surface area contributed by atoms with Crippen molar-refractivity contribution in [2.45, 2.75) is 40.0 Å². The molecule has 17 heavy (non-hydrogen) atoms. The van der Waals surface area contributed by atoms with Gasteiger partial charge in [0.2, 0.25) is 0 Å². The average Bonchev–Trinajstić information content (AvgIpc) is 2.50. The van der Waals surface area contributed by atoms with Crippen molar-refractivity contribution in [2.75, 3.05) is 6.54 Å². The number of aromatic nitrogens is 1. The molecular formula is C15H22N2. The van der Waals surface area contributed by atoms with E-state index in [1.54, 1.807) is 0 Å². The summed E-state index contributed by atoms with van der Waals surface area (Å²) in [5, 5.41) is 3.39. The van der Waals surface area contributed by atoms with E-state index in [1.165, 1.54) is 22.4 Å². The third-order valence-electron chi connectivity index (χ3n) is 3.36. The Balaban J connectivity index is 2.61. The summed E-state index contributed by atoms with van der Waals surface area (Å²) >= 11 is 0. The van der Waals surface area contributed by atoms with E-state index in [0.29, 0.717) is 11.8 Å². The Hall–Kier alpha value is -1.31. The lowest BCUT2D eigenvalue weighted by Crippen LogP contribution is -2.08. The fraction of sp³-hybridized carbons (Fsp3) is 0.533. The van der Waals surface area contributed by atoms with Crippen LogP contribution in [0.2, 0.25) is 0 Å². The summed E-state index contributed by atoms with van der Waals surface area (Å²) in [6.45, 7) is 10.00. The topological polar surface area (TPSA) is 24.9 Å². The molecular weight excluding hydrogens is 208 g/mol. The Morgan fingerprint density at radius 2 is 1.94 bits per heavy atom. The maximum atomic E-state index is 4.57. The number of rotatable bonds is 2. The van der Waals surface area contributed by atoms with Gasteiger partial charge in [-0.15, -0.1) is 0 Å². The van der Waals surface area contributed by atoms with Gasteiger partial charge in [-0.05, 0) is 29.0 Å². The molecule has 0 radical (unpaired) electrons. The lowest BCUT2D eigenvalue weighted by molar-refractivity contribution is 0.809. The summed E-state index contributed by atoms with van der Waals surface area (Å²) in [6, 6.07) is 2.17. The van der Waals surface area contributed by atoms with E-state index in [0.717, 1.165) is 13.0 Å². The Kier molecular flexibility index (Phi) is 3.51. The van der Waals surface area contributed by atoms with E-state index < -0.39 is 0 Å². The van der Waals surface area contributed by atoms with Crippen LogP contribution in [0, 0.1) is 5.92 Å². The van der Waals surface area contributed by atoms with Gasteiger partial charge < -0.3 is 5.32 Å². The predicted molar refractivity (Wildman–Crippen MR) is 72.8 cm³/mol. The van der Waals surface area contributed by atoms with Gasteiger partial charge in [-0.1, -0.05) is 27.7 Å². The Morgan fingerprint density at radius 3 is 2.59 bits per heavy atom. The van der Waals surface area contributed by atoms with Crippen molar-refractivity contribution in [2.24, 2.45) is 5.92 Å². The van der Waals surface area contributed by atoms with Gasteiger partial charge in [-0.2, -0.15) is 0 Å². The van der Waals surface area contributed by atoms with E-state index in [2.05, 4.69) is 50.3 Å². The Labute approximate surface area is 104 Å². The minimum Gasteiger partial charge on any atom is -0.390 e. The Bertz CT molecular complexity index is 431. The molecule has 0 aromatic carbocycles. The molecule has 2 heterocycles. The molecule has 1 N–H and O–H groups in total. The van der Waals surface area contributed by atoms with Gasteiger partial charge in [0.25, 0.3) is 0 Å². The zero-order valence-electron chi connectivity index (χ0n) is 11.2. The van der Waals surface area contributed by atoms with Crippen molar-refractivity contribution < 1.29 is 0 Å². The summed E-state index contributed by atoms with van der Waals surface area (Å²) in [4.78, 5) is 4.57. The van der Waals surface area contributed by atoms with Crippen LogP contribution in [0.25, 0.3) is 5.57 Å². The minimum atomic E-state index is 0.529. The largest absolute Gasteiger partial charge is 0.390 e. The van der Waals surface area contributed by atoms with Gasteiger partial charge in [0.05, 0.1) is 0 Å². The molecule has 0 unspecified atom stereocenters. The van der Waals surface area contributed by atoms with Crippen molar-refractivity contribution in [1.29, 1.82) is 0 Å². The first-order chi connectivity index (χ1) is 8.11. The fourth-order valence-corrected chi connectivity index (χ4v) is 2.43. The van der Waals surface area contributed by atoms with Gasteiger partial charge in [0, 0.05) is 36.6 Å². The molecule has 1 aromatic heterocycles. The lowest BCUT2D eigenvalue weighted by atomic mass is 9.87. The second-order valence-corrected chi connectivity index (χ2v) is 5.34. The number of nitrogens with one attached hydrogen (secondary N) is 1. The first-order valence-electron chi connectivity index (χ1n) is 6.53. The molecule has 0 spiro atoms. The van der Waals surface area contributed by atoms with E-state index in [-0.39, 0.29) is 0 Å². The highest BCUT2D eigenvalue weighted by molar-refractivity contribution is 5.72. The maximum Gasteiger partial charge on any atom is 0.0499 e. The molecule has 2 rings (SSSR count). The number of hydrogen-bond acceptors (Lipinski definition) is 2. The molecule has 1 aliphatic heterocycles. The molecule has 0 amide bonds. The molecule has 2 heteroatoms. The molecule has 92 valence electrons. The average molecular weight is 230 g/mol. The van der Waals surface area contributed by atoms with Crippen LogP contribution < -0.4 is 5.32 Å². The molecule has 0 fully saturated rings. The predicted octanol–water partition coefficient (Wildman–Crippen LogP) is 3.35. The van der Waals surface area contributed by atoms with Gasteiger partial charge in [-0.3, -0.25) is 4.98 Å². The number of pyridine rings is 1. The maximum absolute atomic E-state index is 4.57. The zero-order valence-corrected chi connectivity index (χ0v) is 11.2. The normalized spacial score (nSPS) is 15.3. The number of hydrogen-bond donors (Lipinski definition) is 1. The summed E-state index contributed by atoms with van der Waals surface area (Å²) in [5.41, 5.74) is 5.47. The summed E-state index contributed by atoms with van der Waals surface area (Å²) in [5.74, 6) is 1.08. The summed E-state index contributed by atoms with van der Waals surface area (Å²) < 4.78 is 0. The van der Waals surface area contributed by atoms with Crippen molar-refractivity contribution in [3.05, 3.63) is 35.3 Å². The first kappa shape index (κ1) is 12.2. The second-order valence-electron chi connectivity index (χ2n) is 5.34. The van der Waals surface area contributed by atoms with Gasteiger partial charge in [-0.25, -0.2) is 0 Å². The van der Waals surface area contributed by atoms with Crippen LogP contribution in [0.15, 0.2) is 18.5 Å². The SMILES string of the molecule is CC(C)C1=CNCCc2nccc(C(C)C)c21. The monoisotopic (exact) mass is 230 g/mol. The van der Waals surface area contributed by atoms with E-state index >= 15 is 0 Å². The molecule has 0 saturated heterocycles. The number of nitrogens with zero attached hydrogens (tertiary/aromatic N) is 1. The highest BCUT2D eigenvalue weighted by Crippen LogP contribution is 2.33. The third-order valence-corrected chi connectivity index (χ3v) is 3.36.